The number of carbonyl (C=O) groups excluding carboxylic acids is 1. The summed E-state index contributed by atoms with van der Waals surface area (Å²) in [5, 5.41) is 19.3. The Labute approximate surface area is 147 Å². The smallest absolute Gasteiger partial charge is 0.315 e. The van der Waals surface area contributed by atoms with E-state index in [1.54, 1.807) is 0 Å². The molecule has 4 N–H and O–H groups in total. The van der Waals surface area contributed by atoms with E-state index in [1.165, 1.54) is 32.1 Å². The Kier molecular flexibility index (Phi) is 6.54. The quantitative estimate of drug-likeness (QED) is 0.622. The molecule has 2 aliphatic rings. The van der Waals surface area contributed by atoms with Gasteiger partial charge in [0.25, 0.3) is 0 Å². The zero-order chi connectivity index (χ0) is 17.8. The molecular formula is C19H37N3O2. The van der Waals surface area contributed by atoms with Crippen LogP contribution in [-0.2, 0) is 0 Å². The molecule has 5 nitrogen and oxygen atoms in total. The summed E-state index contributed by atoms with van der Waals surface area (Å²) in [6.45, 7) is 8.90. The predicted molar refractivity (Wildman–Crippen MR) is 98.0 cm³/mol. The lowest BCUT2D eigenvalue weighted by Gasteiger charge is -2.46. The van der Waals surface area contributed by atoms with E-state index in [0.29, 0.717) is 12.3 Å². The molecule has 0 aromatic carbocycles. The van der Waals surface area contributed by atoms with Crippen molar-refractivity contribution in [2.24, 2.45) is 5.92 Å². The fraction of sp³-hybridized carbons (Fsp3) is 0.947. The van der Waals surface area contributed by atoms with Crippen molar-refractivity contribution in [3.8, 4) is 0 Å². The van der Waals surface area contributed by atoms with Gasteiger partial charge in [-0.3, -0.25) is 0 Å². The second-order valence-electron chi connectivity index (χ2n) is 9.13. The summed E-state index contributed by atoms with van der Waals surface area (Å²) in [5.74, 6) is 0.512. The van der Waals surface area contributed by atoms with E-state index in [9.17, 15) is 9.90 Å². The molecule has 1 saturated carbocycles. The van der Waals surface area contributed by atoms with Gasteiger partial charge in [-0.15, -0.1) is 0 Å². The van der Waals surface area contributed by atoms with E-state index in [-0.39, 0.29) is 35.8 Å². The second kappa shape index (κ2) is 8.05. The van der Waals surface area contributed by atoms with Gasteiger partial charge in [0.1, 0.15) is 0 Å². The molecule has 0 spiro atoms. The summed E-state index contributed by atoms with van der Waals surface area (Å²) in [6, 6.07) is 0.202. The zero-order valence-corrected chi connectivity index (χ0v) is 16.0. The fourth-order valence-electron chi connectivity index (χ4n) is 4.92. The van der Waals surface area contributed by atoms with Crippen LogP contribution in [0.15, 0.2) is 0 Å². The highest BCUT2D eigenvalue weighted by atomic mass is 16.3. The van der Waals surface area contributed by atoms with Gasteiger partial charge in [-0.05, 0) is 65.7 Å². The Morgan fingerprint density at radius 2 is 1.71 bits per heavy atom. The number of aliphatic hydroxyl groups is 1. The minimum Gasteiger partial charge on any atom is -0.396 e. The number of aliphatic hydroxyl groups excluding tert-OH is 1. The zero-order valence-electron chi connectivity index (χ0n) is 16.0. The third-order valence-corrected chi connectivity index (χ3v) is 5.50. The number of rotatable bonds is 5. The Morgan fingerprint density at radius 3 is 2.25 bits per heavy atom. The second-order valence-corrected chi connectivity index (χ2v) is 9.13. The Balaban J connectivity index is 1.90. The monoisotopic (exact) mass is 339 g/mol. The first-order valence-corrected chi connectivity index (χ1v) is 9.68. The number of amides is 2. The van der Waals surface area contributed by atoms with Gasteiger partial charge in [0.15, 0.2) is 0 Å². The lowest BCUT2D eigenvalue weighted by molar-refractivity contribution is 0.144. The van der Waals surface area contributed by atoms with Crippen LogP contribution in [0.25, 0.3) is 0 Å². The van der Waals surface area contributed by atoms with Crippen molar-refractivity contribution in [1.29, 1.82) is 0 Å². The summed E-state index contributed by atoms with van der Waals surface area (Å²) in [5.41, 5.74) is 0.0428. The normalized spacial score (nSPS) is 25.9. The molecule has 24 heavy (non-hydrogen) atoms. The first kappa shape index (κ1) is 19.5. The van der Waals surface area contributed by atoms with E-state index in [2.05, 4.69) is 43.6 Å². The van der Waals surface area contributed by atoms with Gasteiger partial charge in [0, 0.05) is 29.8 Å². The first-order chi connectivity index (χ1) is 11.2. The molecule has 0 aromatic rings. The van der Waals surface area contributed by atoms with Crippen LogP contribution in [-0.4, -0.2) is 40.9 Å². The molecule has 2 amide bonds. The largest absolute Gasteiger partial charge is 0.396 e. The van der Waals surface area contributed by atoms with Crippen LogP contribution in [0.4, 0.5) is 4.79 Å². The molecular weight excluding hydrogens is 302 g/mol. The molecule has 2 rings (SSSR count). The van der Waals surface area contributed by atoms with E-state index in [0.717, 1.165) is 12.8 Å². The van der Waals surface area contributed by atoms with Crippen molar-refractivity contribution in [2.75, 3.05) is 6.61 Å². The third-order valence-electron chi connectivity index (χ3n) is 5.50. The number of piperidine rings is 1. The van der Waals surface area contributed by atoms with Crippen LogP contribution in [0.3, 0.4) is 0 Å². The molecule has 1 heterocycles. The number of nitrogens with one attached hydrogen (secondary N) is 3. The average Bonchev–Trinajstić information content (AvgIpc) is 2.44. The highest BCUT2D eigenvalue weighted by Crippen LogP contribution is 2.29. The molecule has 0 bridgehead atoms. The number of urea groups is 1. The highest BCUT2D eigenvalue weighted by Gasteiger charge is 2.38. The van der Waals surface area contributed by atoms with Crippen molar-refractivity contribution < 1.29 is 9.90 Å². The maximum Gasteiger partial charge on any atom is 0.315 e. The number of hydrogen-bond acceptors (Lipinski definition) is 3. The van der Waals surface area contributed by atoms with Gasteiger partial charge in [0.05, 0.1) is 0 Å². The van der Waals surface area contributed by atoms with Gasteiger partial charge < -0.3 is 21.1 Å². The average molecular weight is 340 g/mol. The number of carbonyl (C=O) groups is 1. The SMILES string of the molecule is CC1(C)CC(NC(=O)NC(CCO)C2CCCCC2)CC(C)(C)N1. The molecule has 0 aromatic heterocycles. The van der Waals surface area contributed by atoms with Crippen LogP contribution in [0, 0.1) is 5.92 Å². The van der Waals surface area contributed by atoms with Gasteiger partial charge >= 0.3 is 6.03 Å². The maximum atomic E-state index is 12.5. The lowest BCUT2D eigenvalue weighted by Crippen LogP contribution is -2.63. The minimum absolute atomic E-state index is 0.0214. The van der Waals surface area contributed by atoms with Crippen molar-refractivity contribution >= 4 is 6.03 Å². The van der Waals surface area contributed by atoms with E-state index in [1.807, 2.05) is 0 Å². The molecule has 1 saturated heterocycles. The molecule has 1 aliphatic heterocycles. The fourth-order valence-corrected chi connectivity index (χ4v) is 4.92. The topological polar surface area (TPSA) is 73.4 Å². The van der Waals surface area contributed by atoms with Crippen LogP contribution in [0.1, 0.15) is 79.1 Å². The third kappa shape index (κ3) is 5.92. The van der Waals surface area contributed by atoms with Crippen molar-refractivity contribution in [3.63, 3.8) is 0 Å². The van der Waals surface area contributed by atoms with E-state index >= 15 is 0 Å². The Morgan fingerprint density at radius 1 is 1.12 bits per heavy atom. The Hall–Kier alpha value is -0.810. The van der Waals surface area contributed by atoms with E-state index < -0.39 is 0 Å². The summed E-state index contributed by atoms with van der Waals surface area (Å²) in [6.07, 6.45) is 8.63. The van der Waals surface area contributed by atoms with Crippen molar-refractivity contribution in [3.05, 3.63) is 0 Å². The summed E-state index contributed by atoms with van der Waals surface area (Å²) >= 11 is 0. The Bertz CT molecular complexity index is 401. The lowest BCUT2D eigenvalue weighted by atomic mass is 9.79. The maximum absolute atomic E-state index is 12.5. The van der Waals surface area contributed by atoms with Crippen LogP contribution in [0.5, 0.6) is 0 Å². The summed E-state index contributed by atoms with van der Waals surface area (Å²) < 4.78 is 0. The van der Waals surface area contributed by atoms with Crippen LogP contribution in [0.2, 0.25) is 0 Å². The molecule has 0 radical (unpaired) electrons. The summed E-state index contributed by atoms with van der Waals surface area (Å²) in [4.78, 5) is 12.5. The van der Waals surface area contributed by atoms with Crippen LogP contribution < -0.4 is 16.0 Å². The van der Waals surface area contributed by atoms with Gasteiger partial charge in [0.2, 0.25) is 0 Å². The van der Waals surface area contributed by atoms with Gasteiger partial charge in [-0.2, -0.15) is 0 Å². The van der Waals surface area contributed by atoms with Crippen LogP contribution >= 0.6 is 0 Å². The van der Waals surface area contributed by atoms with Gasteiger partial charge in [-0.1, -0.05) is 19.3 Å². The molecule has 1 unspecified atom stereocenters. The highest BCUT2D eigenvalue weighted by molar-refractivity contribution is 5.74. The van der Waals surface area contributed by atoms with Crippen molar-refractivity contribution in [1.82, 2.24) is 16.0 Å². The predicted octanol–water partition coefficient (Wildman–Crippen LogP) is 2.93. The molecule has 1 aliphatic carbocycles. The first-order valence-electron chi connectivity index (χ1n) is 9.68. The standard InChI is InChI=1S/C19H37N3O2/c1-18(2)12-15(13-19(3,4)22-18)20-17(24)21-16(10-11-23)14-8-6-5-7-9-14/h14-16,22-23H,5-13H2,1-4H3,(H2,20,21,24). The minimum atomic E-state index is -0.0717. The molecule has 5 heteroatoms. The number of hydrogen-bond donors (Lipinski definition) is 4. The van der Waals surface area contributed by atoms with Crippen molar-refractivity contribution in [2.45, 2.75) is 102 Å². The molecule has 140 valence electrons. The molecule has 1 atom stereocenters. The summed E-state index contributed by atoms with van der Waals surface area (Å²) in [7, 11) is 0. The molecule has 2 fully saturated rings. The van der Waals surface area contributed by atoms with E-state index in [4.69, 9.17) is 0 Å². The van der Waals surface area contributed by atoms with Gasteiger partial charge in [-0.25, -0.2) is 4.79 Å².